The number of anilines is 1. The Balaban J connectivity index is 2.67. The summed E-state index contributed by atoms with van der Waals surface area (Å²) < 4.78 is 81.0. The largest absolute Gasteiger partial charge is 0.466 e. The lowest BCUT2D eigenvalue weighted by atomic mass is 10.2. The molecule has 12 heteroatoms. The Morgan fingerprint density at radius 3 is 2.46 bits per heavy atom. The van der Waals surface area contributed by atoms with Gasteiger partial charge in [0.15, 0.2) is 0 Å². The predicted octanol–water partition coefficient (Wildman–Crippen LogP) is 1.66. The Labute approximate surface area is 146 Å². The maximum Gasteiger partial charge on any atom is 0.419 e. The molecule has 0 aliphatic carbocycles. The molecule has 0 saturated heterocycles. The molecule has 1 aromatic carbocycles. The van der Waals surface area contributed by atoms with Crippen LogP contribution in [0.3, 0.4) is 0 Å². The van der Waals surface area contributed by atoms with Crippen molar-refractivity contribution in [3.8, 4) is 0 Å². The van der Waals surface area contributed by atoms with E-state index in [1.165, 1.54) is 0 Å². The molecule has 0 bridgehead atoms. The second kappa shape index (κ2) is 8.83. The normalized spacial score (nSPS) is 11.7. The van der Waals surface area contributed by atoms with Crippen LogP contribution in [-0.2, 0) is 30.5 Å². The van der Waals surface area contributed by atoms with Gasteiger partial charge in [-0.25, -0.2) is 12.8 Å². The first-order valence-electron chi connectivity index (χ1n) is 7.24. The van der Waals surface area contributed by atoms with Crippen LogP contribution in [-0.4, -0.2) is 39.2 Å². The van der Waals surface area contributed by atoms with E-state index in [-0.39, 0.29) is 25.6 Å². The lowest BCUT2D eigenvalue weighted by molar-refractivity contribution is -0.143. The number of halogens is 4. The fourth-order valence-corrected chi connectivity index (χ4v) is 2.79. The summed E-state index contributed by atoms with van der Waals surface area (Å²) in [7, 11) is -4.34. The van der Waals surface area contributed by atoms with Crippen molar-refractivity contribution in [2.45, 2.75) is 19.5 Å². The molecule has 0 radical (unpaired) electrons. The highest BCUT2D eigenvalue weighted by Crippen LogP contribution is 2.33. The number of nitrogens with one attached hydrogen (secondary N) is 2. The van der Waals surface area contributed by atoms with Crippen molar-refractivity contribution < 1.29 is 40.3 Å². The van der Waals surface area contributed by atoms with E-state index in [4.69, 9.17) is 0 Å². The third-order valence-electron chi connectivity index (χ3n) is 2.82. The first-order valence-corrected chi connectivity index (χ1v) is 8.89. The minimum Gasteiger partial charge on any atom is -0.466 e. The van der Waals surface area contributed by atoms with Gasteiger partial charge >= 0.3 is 12.1 Å². The predicted molar refractivity (Wildman–Crippen MR) is 83.1 cm³/mol. The molecular formula is C14H16F4N2O5S. The number of hydrogen-bond acceptors (Lipinski definition) is 5. The SMILES string of the molecule is CCOC(=O)CCNC(=O)CS(=O)(=O)Nc1ccc(F)c(C(F)(F)F)c1. The molecule has 146 valence electrons. The second-order valence-electron chi connectivity index (χ2n) is 4.96. The number of alkyl halides is 3. The molecule has 0 fully saturated rings. The third-order valence-corrected chi connectivity index (χ3v) is 4.01. The maximum absolute atomic E-state index is 13.2. The van der Waals surface area contributed by atoms with Crippen molar-refractivity contribution in [3.05, 3.63) is 29.6 Å². The summed E-state index contributed by atoms with van der Waals surface area (Å²) in [6.07, 6.45) is -5.17. The van der Waals surface area contributed by atoms with Gasteiger partial charge in [-0.1, -0.05) is 0 Å². The van der Waals surface area contributed by atoms with E-state index in [0.717, 1.165) is 6.07 Å². The van der Waals surface area contributed by atoms with Gasteiger partial charge in [-0.2, -0.15) is 13.2 Å². The summed E-state index contributed by atoms with van der Waals surface area (Å²) in [4.78, 5) is 22.6. The molecule has 1 amide bonds. The van der Waals surface area contributed by atoms with E-state index in [2.05, 4.69) is 10.1 Å². The van der Waals surface area contributed by atoms with Crippen LogP contribution >= 0.6 is 0 Å². The summed E-state index contributed by atoms with van der Waals surface area (Å²) in [5.74, 6) is -4.20. The van der Waals surface area contributed by atoms with Crippen molar-refractivity contribution >= 4 is 27.6 Å². The van der Waals surface area contributed by atoms with Crippen LogP contribution in [0.1, 0.15) is 18.9 Å². The highest BCUT2D eigenvalue weighted by Gasteiger charge is 2.34. The Morgan fingerprint density at radius 1 is 1.23 bits per heavy atom. The van der Waals surface area contributed by atoms with Gasteiger partial charge in [-0.15, -0.1) is 0 Å². The molecule has 0 unspecified atom stereocenters. The molecule has 0 aliphatic rings. The summed E-state index contributed by atoms with van der Waals surface area (Å²) in [6, 6.07) is 1.53. The number of rotatable bonds is 8. The molecule has 0 aliphatic heterocycles. The van der Waals surface area contributed by atoms with Gasteiger partial charge in [0.05, 0.1) is 18.6 Å². The monoisotopic (exact) mass is 400 g/mol. The van der Waals surface area contributed by atoms with Crippen molar-refractivity contribution in [2.75, 3.05) is 23.6 Å². The van der Waals surface area contributed by atoms with Crippen LogP contribution in [0, 0.1) is 5.82 Å². The van der Waals surface area contributed by atoms with E-state index in [0.29, 0.717) is 6.07 Å². The summed E-state index contributed by atoms with van der Waals surface area (Å²) in [5.41, 5.74) is -2.19. The minimum absolute atomic E-state index is 0.155. The lowest BCUT2D eigenvalue weighted by Crippen LogP contribution is -2.34. The standard InChI is InChI=1S/C14H16F4N2O5S/c1-2-25-13(22)5-6-19-12(21)8-26(23,24)20-9-3-4-11(15)10(7-9)14(16,17)18/h3-4,7,20H,2,5-6,8H2,1H3,(H,19,21). The topological polar surface area (TPSA) is 102 Å². The minimum atomic E-state index is -5.00. The average molecular weight is 400 g/mol. The van der Waals surface area contributed by atoms with E-state index >= 15 is 0 Å². The molecule has 1 aromatic rings. The van der Waals surface area contributed by atoms with Gasteiger partial charge in [0.2, 0.25) is 15.9 Å². The van der Waals surface area contributed by atoms with E-state index in [1.807, 2.05) is 0 Å². The van der Waals surface area contributed by atoms with E-state index in [9.17, 15) is 35.6 Å². The zero-order valence-electron chi connectivity index (χ0n) is 13.5. The number of carbonyl (C=O) groups excluding carboxylic acids is 2. The number of ether oxygens (including phenoxy) is 1. The molecular weight excluding hydrogens is 384 g/mol. The quantitative estimate of drug-likeness (QED) is 0.511. The zero-order chi connectivity index (χ0) is 20.0. The van der Waals surface area contributed by atoms with Crippen molar-refractivity contribution in [3.63, 3.8) is 0 Å². The molecule has 2 N–H and O–H groups in total. The maximum atomic E-state index is 13.2. The molecule has 0 heterocycles. The molecule has 0 spiro atoms. The number of esters is 1. The number of hydrogen-bond donors (Lipinski definition) is 2. The smallest absolute Gasteiger partial charge is 0.419 e. The molecule has 1 rings (SSSR count). The Hall–Kier alpha value is -2.37. The van der Waals surface area contributed by atoms with Gasteiger partial charge in [0.25, 0.3) is 0 Å². The first-order chi connectivity index (χ1) is 11.9. The lowest BCUT2D eigenvalue weighted by Gasteiger charge is -2.12. The molecule has 26 heavy (non-hydrogen) atoms. The van der Waals surface area contributed by atoms with E-state index in [1.54, 1.807) is 11.6 Å². The van der Waals surface area contributed by atoms with Gasteiger partial charge in [0, 0.05) is 12.2 Å². The number of benzene rings is 1. The van der Waals surface area contributed by atoms with Gasteiger partial charge in [0.1, 0.15) is 11.6 Å². The van der Waals surface area contributed by atoms with Crippen LogP contribution < -0.4 is 10.0 Å². The Bertz CT molecular complexity index is 765. The summed E-state index contributed by atoms with van der Waals surface area (Å²) >= 11 is 0. The highest BCUT2D eigenvalue weighted by molar-refractivity contribution is 7.93. The van der Waals surface area contributed by atoms with Gasteiger partial charge < -0.3 is 10.1 Å². The van der Waals surface area contributed by atoms with E-state index < -0.39 is 50.9 Å². The fraction of sp³-hybridized carbons (Fsp3) is 0.429. The van der Waals surface area contributed by atoms with Crippen LogP contribution in [0.2, 0.25) is 0 Å². The van der Waals surface area contributed by atoms with Crippen LogP contribution in [0.4, 0.5) is 23.2 Å². The Morgan fingerprint density at radius 2 is 1.88 bits per heavy atom. The van der Waals surface area contributed by atoms with Crippen LogP contribution in [0.15, 0.2) is 18.2 Å². The van der Waals surface area contributed by atoms with Crippen LogP contribution in [0.5, 0.6) is 0 Å². The van der Waals surface area contributed by atoms with Gasteiger partial charge in [-0.05, 0) is 25.1 Å². The van der Waals surface area contributed by atoms with Gasteiger partial charge in [-0.3, -0.25) is 14.3 Å². The van der Waals surface area contributed by atoms with Crippen molar-refractivity contribution in [1.29, 1.82) is 0 Å². The highest BCUT2D eigenvalue weighted by atomic mass is 32.2. The third kappa shape index (κ3) is 7.25. The van der Waals surface area contributed by atoms with Crippen molar-refractivity contribution in [2.24, 2.45) is 0 Å². The zero-order valence-corrected chi connectivity index (χ0v) is 14.3. The summed E-state index contributed by atoms with van der Waals surface area (Å²) in [5, 5.41) is 2.16. The second-order valence-corrected chi connectivity index (χ2v) is 6.68. The first kappa shape index (κ1) is 21.7. The van der Waals surface area contributed by atoms with Crippen molar-refractivity contribution in [1.82, 2.24) is 5.32 Å². The fourth-order valence-electron chi connectivity index (χ4n) is 1.78. The average Bonchev–Trinajstić information content (AvgIpc) is 2.47. The molecule has 0 atom stereocenters. The van der Waals surface area contributed by atoms with Crippen LogP contribution in [0.25, 0.3) is 0 Å². The number of sulfonamides is 1. The molecule has 0 saturated carbocycles. The number of amides is 1. The molecule has 7 nitrogen and oxygen atoms in total. The summed E-state index contributed by atoms with van der Waals surface area (Å²) in [6.45, 7) is 1.58. The Kier molecular flexibility index (Phi) is 7.36. The molecule has 0 aromatic heterocycles. The number of carbonyl (C=O) groups is 2.